The van der Waals surface area contributed by atoms with Gasteiger partial charge in [0.05, 0.1) is 12.7 Å². The number of hydrogen-bond acceptors (Lipinski definition) is 3. The van der Waals surface area contributed by atoms with E-state index in [4.69, 9.17) is 9.15 Å². The molecule has 0 amide bonds. The highest BCUT2D eigenvalue weighted by atomic mass is 16.5. The second-order valence-corrected chi connectivity index (χ2v) is 5.75. The number of carbonyl (C=O) groups is 1. The smallest absolute Gasteiger partial charge is 0.168 e. The first-order valence-electron chi connectivity index (χ1n) is 7.29. The van der Waals surface area contributed by atoms with Gasteiger partial charge in [-0.15, -0.1) is 0 Å². The SMILES string of the molecule is CC1CC(C(=O)c2ccc3oc4ccccc4c3c2)CO1. The average Bonchev–Trinajstić information content (AvgIpc) is 3.09. The summed E-state index contributed by atoms with van der Waals surface area (Å²) in [6.45, 7) is 2.55. The van der Waals surface area contributed by atoms with Crippen LogP contribution in [0.4, 0.5) is 0 Å². The fraction of sp³-hybridized carbons (Fsp3) is 0.278. The summed E-state index contributed by atoms with van der Waals surface area (Å²) in [5, 5.41) is 2.06. The lowest BCUT2D eigenvalue weighted by Crippen LogP contribution is -2.14. The summed E-state index contributed by atoms with van der Waals surface area (Å²) in [6.07, 6.45) is 0.987. The summed E-state index contributed by atoms with van der Waals surface area (Å²) < 4.78 is 11.3. The third-order valence-corrected chi connectivity index (χ3v) is 4.23. The molecule has 0 N–H and O–H groups in total. The fourth-order valence-electron chi connectivity index (χ4n) is 3.11. The molecule has 0 aliphatic carbocycles. The van der Waals surface area contributed by atoms with E-state index in [1.165, 1.54) is 0 Å². The predicted molar refractivity (Wildman–Crippen MR) is 81.6 cm³/mol. The number of para-hydroxylation sites is 1. The van der Waals surface area contributed by atoms with Crippen molar-refractivity contribution in [2.75, 3.05) is 6.61 Å². The number of rotatable bonds is 2. The summed E-state index contributed by atoms with van der Waals surface area (Å²) in [5.74, 6) is 0.155. The minimum Gasteiger partial charge on any atom is -0.456 e. The van der Waals surface area contributed by atoms with E-state index < -0.39 is 0 Å². The first-order valence-corrected chi connectivity index (χ1v) is 7.29. The van der Waals surface area contributed by atoms with Crippen LogP contribution in [0.3, 0.4) is 0 Å². The molecule has 0 bridgehead atoms. The van der Waals surface area contributed by atoms with Gasteiger partial charge in [0.2, 0.25) is 0 Å². The van der Waals surface area contributed by atoms with E-state index >= 15 is 0 Å². The van der Waals surface area contributed by atoms with Crippen molar-refractivity contribution >= 4 is 27.7 Å². The van der Waals surface area contributed by atoms with Crippen molar-refractivity contribution < 1.29 is 13.9 Å². The van der Waals surface area contributed by atoms with E-state index in [1.54, 1.807) is 0 Å². The maximum Gasteiger partial charge on any atom is 0.168 e. The molecule has 2 heterocycles. The van der Waals surface area contributed by atoms with Gasteiger partial charge in [0, 0.05) is 22.3 Å². The highest BCUT2D eigenvalue weighted by molar-refractivity contribution is 6.08. The lowest BCUT2D eigenvalue weighted by Gasteiger charge is -2.06. The van der Waals surface area contributed by atoms with Crippen LogP contribution in [0.25, 0.3) is 21.9 Å². The van der Waals surface area contributed by atoms with Gasteiger partial charge in [0.15, 0.2) is 5.78 Å². The van der Waals surface area contributed by atoms with Crippen LogP contribution >= 0.6 is 0 Å². The highest BCUT2D eigenvalue weighted by Gasteiger charge is 2.29. The number of fused-ring (bicyclic) bond motifs is 3. The van der Waals surface area contributed by atoms with Crippen LogP contribution in [-0.4, -0.2) is 18.5 Å². The topological polar surface area (TPSA) is 39.4 Å². The molecule has 3 nitrogen and oxygen atoms in total. The normalized spacial score (nSPS) is 22.1. The van der Waals surface area contributed by atoms with Gasteiger partial charge in [-0.1, -0.05) is 18.2 Å². The number of carbonyl (C=O) groups excluding carboxylic acids is 1. The third-order valence-electron chi connectivity index (χ3n) is 4.23. The Kier molecular flexibility index (Phi) is 2.82. The van der Waals surface area contributed by atoms with Crippen LogP contribution in [0.2, 0.25) is 0 Å². The molecule has 1 fully saturated rings. The first kappa shape index (κ1) is 12.6. The summed E-state index contributed by atoms with van der Waals surface area (Å²) in [5.41, 5.74) is 2.43. The molecule has 21 heavy (non-hydrogen) atoms. The summed E-state index contributed by atoms with van der Waals surface area (Å²) in [4.78, 5) is 12.6. The second-order valence-electron chi connectivity index (χ2n) is 5.75. The minimum absolute atomic E-state index is 0.0179. The Hall–Kier alpha value is -2.13. The molecule has 4 rings (SSSR count). The van der Waals surface area contributed by atoms with Crippen molar-refractivity contribution in [3.05, 3.63) is 48.0 Å². The van der Waals surface area contributed by atoms with Crippen LogP contribution in [0, 0.1) is 5.92 Å². The molecule has 2 atom stereocenters. The molecule has 3 aromatic rings. The molecule has 0 spiro atoms. The summed E-state index contributed by atoms with van der Waals surface area (Å²) >= 11 is 0. The highest BCUT2D eigenvalue weighted by Crippen LogP contribution is 2.31. The maximum atomic E-state index is 12.6. The fourth-order valence-corrected chi connectivity index (χ4v) is 3.11. The van der Waals surface area contributed by atoms with E-state index in [1.807, 2.05) is 49.4 Å². The summed E-state index contributed by atoms with van der Waals surface area (Å²) in [7, 11) is 0. The molecule has 1 aliphatic rings. The zero-order chi connectivity index (χ0) is 14.4. The molecular formula is C18H16O3. The number of benzene rings is 2. The van der Waals surface area contributed by atoms with Crippen LogP contribution < -0.4 is 0 Å². The van der Waals surface area contributed by atoms with Crippen LogP contribution in [0.15, 0.2) is 46.9 Å². The Labute approximate surface area is 122 Å². The van der Waals surface area contributed by atoms with E-state index in [0.29, 0.717) is 6.61 Å². The summed E-state index contributed by atoms with van der Waals surface area (Å²) in [6, 6.07) is 13.6. The predicted octanol–water partition coefficient (Wildman–Crippen LogP) is 4.19. The van der Waals surface area contributed by atoms with Gasteiger partial charge in [-0.25, -0.2) is 0 Å². The van der Waals surface area contributed by atoms with Crippen LogP contribution in [0.1, 0.15) is 23.7 Å². The zero-order valence-electron chi connectivity index (χ0n) is 11.8. The van der Waals surface area contributed by atoms with E-state index in [0.717, 1.165) is 33.9 Å². The minimum atomic E-state index is -0.0179. The van der Waals surface area contributed by atoms with Gasteiger partial charge in [0.1, 0.15) is 11.2 Å². The zero-order valence-corrected chi connectivity index (χ0v) is 11.8. The van der Waals surface area contributed by atoms with Crippen molar-refractivity contribution in [2.24, 2.45) is 5.92 Å². The van der Waals surface area contributed by atoms with Gasteiger partial charge in [0.25, 0.3) is 0 Å². The Bertz CT molecular complexity index is 831. The molecule has 2 unspecified atom stereocenters. The Balaban J connectivity index is 1.79. The lowest BCUT2D eigenvalue weighted by atomic mass is 9.94. The molecule has 0 saturated carbocycles. The quantitative estimate of drug-likeness (QED) is 0.661. The van der Waals surface area contributed by atoms with Crippen molar-refractivity contribution in [1.29, 1.82) is 0 Å². The molecule has 3 heteroatoms. The Morgan fingerprint density at radius 1 is 1.10 bits per heavy atom. The molecule has 1 aliphatic heterocycles. The maximum absolute atomic E-state index is 12.6. The number of ketones is 1. The van der Waals surface area contributed by atoms with Crippen LogP contribution in [0.5, 0.6) is 0 Å². The first-order chi connectivity index (χ1) is 10.2. The molecule has 0 radical (unpaired) electrons. The Morgan fingerprint density at radius 3 is 2.71 bits per heavy atom. The van der Waals surface area contributed by atoms with Crippen molar-refractivity contribution in [1.82, 2.24) is 0 Å². The van der Waals surface area contributed by atoms with Crippen molar-refractivity contribution in [3.8, 4) is 0 Å². The van der Waals surface area contributed by atoms with Crippen molar-refractivity contribution in [2.45, 2.75) is 19.4 Å². The molecule has 1 saturated heterocycles. The van der Waals surface area contributed by atoms with E-state index in [2.05, 4.69) is 0 Å². The number of ether oxygens (including phenoxy) is 1. The third kappa shape index (κ3) is 2.05. The Morgan fingerprint density at radius 2 is 1.90 bits per heavy atom. The van der Waals surface area contributed by atoms with Gasteiger partial charge >= 0.3 is 0 Å². The van der Waals surface area contributed by atoms with Gasteiger partial charge in [-0.05, 0) is 37.6 Å². The second kappa shape index (κ2) is 4.71. The number of hydrogen-bond donors (Lipinski definition) is 0. The van der Waals surface area contributed by atoms with Gasteiger partial charge in [-0.2, -0.15) is 0 Å². The molecule has 2 aromatic carbocycles. The standard InChI is InChI=1S/C18H16O3/c1-11-8-13(10-20-11)18(19)12-6-7-17-15(9-12)14-4-2-3-5-16(14)21-17/h2-7,9,11,13H,8,10H2,1H3. The monoisotopic (exact) mass is 280 g/mol. The van der Waals surface area contributed by atoms with Crippen molar-refractivity contribution in [3.63, 3.8) is 0 Å². The van der Waals surface area contributed by atoms with Gasteiger partial charge in [-0.3, -0.25) is 4.79 Å². The number of furan rings is 1. The van der Waals surface area contributed by atoms with E-state index in [-0.39, 0.29) is 17.8 Å². The average molecular weight is 280 g/mol. The van der Waals surface area contributed by atoms with E-state index in [9.17, 15) is 4.79 Å². The molecular weight excluding hydrogens is 264 g/mol. The lowest BCUT2D eigenvalue weighted by molar-refractivity contribution is 0.0878. The van der Waals surface area contributed by atoms with Crippen LogP contribution in [-0.2, 0) is 4.74 Å². The largest absolute Gasteiger partial charge is 0.456 e. The number of Topliss-reactive ketones (excluding diaryl/α,β-unsaturated/α-hetero) is 1. The van der Waals surface area contributed by atoms with Gasteiger partial charge < -0.3 is 9.15 Å². The molecule has 106 valence electrons. The molecule has 1 aromatic heterocycles.